The van der Waals surface area contributed by atoms with Gasteiger partial charge >= 0.3 is 13.8 Å². The van der Waals surface area contributed by atoms with Crippen LogP contribution < -0.4 is 0 Å². The molecule has 0 aromatic rings. The number of carbonyl (C=O) groups is 1. The summed E-state index contributed by atoms with van der Waals surface area (Å²) in [5.41, 5.74) is 0. The third-order valence-corrected chi connectivity index (χ3v) is 9.41. The average Bonchev–Trinajstić information content (AvgIpc) is 3.01. The molecule has 0 saturated carbocycles. The van der Waals surface area contributed by atoms with Gasteiger partial charge in [0.05, 0.1) is 34.0 Å². The minimum absolute atomic E-state index is 0.0534. The lowest BCUT2D eigenvalue weighted by Gasteiger charge is -2.24. The Morgan fingerprint density at radius 2 is 1.11 bits per heavy atom. The summed E-state index contributed by atoms with van der Waals surface area (Å²) < 4.78 is 34.6. The molecule has 8 nitrogen and oxygen atoms in total. The lowest BCUT2D eigenvalue weighted by atomic mass is 10.0. The smallest absolute Gasteiger partial charge is 0.472 e. The Labute approximate surface area is 290 Å². The molecule has 1 unspecified atom stereocenters. The molecule has 0 aliphatic carbocycles. The van der Waals surface area contributed by atoms with Crippen molar-refractivity contribution in [3.63, 3.8) is 0 Å². The van der Waals surface area contributed by atoms with E-state index in [-0.39, 0.29) is 25.8 Å². The van der Waals surface area contributed by atoms with E-state index in [2.05, 4.69) is 13.8 Å². The summed E-state index contributed by atoms with van der Waals surface area (Å²) in [5.74, 6) is -0.336. The number of carbonyl (C=O) groups excluding carboxylic acids is 1. The van der Waals surface area contributed by atoms with E-state index in [1.807, 2.05) is 27.2 Å². The van der Waals surface area contributed by atoms with E-state index in [9.17, 15) is 14.3 Å². The number of allylic oxidation sites excluding steroid dienone is 1. The minimum Gasteiger partial charge on any atom is -0.498 e. The molecular formula is C38H77NO7P+. The molecule has 0 bridgehead atoms. The Kier molecular flexibility index (Phi) is 31.7. The normalized spacial score (nSPS) is 14.0. The van der Waals surface area contributed by atoms with Crippen molar-refractivity contribution in [3.8, 4) is 0 Å². The summed E-state index contributed by atoms with van der Waals surface area (Å²) >= 11 is 0. The number of nitrogens with zero attached hydrogens (tertiary/aromatic N) is 1. The van der Waals surface area contributed by atoms with Gasteiger partial charge in [-0.1, -0.05) is 149 Å². The van der Waals surface area contributed by atoms with Gasteiger partial charge < -0.3 is 18.9 Å². The molecule has 0 aromatic carbocycles. The maximum atomic E-state index is 12.6. The molecule has 0 saturated heterocycles. The molecular weight excluding hydrogens is 613 g/mol. The molecule has 1 N–H and O–H groups in total. The highest BCUT2D eigenvalue weighted by atomic mass is 31.2. The Balaban J connectivity index is 4.33. The van der Waals surface area contributed by atoms with Crippen molar-refractivity contribution in [1.29, 1.82) is 0 Å². The summed E-state index contributed by atoms with van der Waals surface area (Å²) in [5, 5.41) is 0. The number of phosphoric acid groups is 1. The Bertz CT molecular complexity index is 772. The van der Waals surface area contributed by atoms with Gasteiger partial charge in [-0.15, -0.1) is 0 Å². The quantitative estimate of drug-likeness (QED) is 0.0230. The highest BCUT2D eigenvalue weighted by molar-refractivity contribution is 7.47. The van der Waals surface area contributed by atoms with Crippen molar-refractivity contribution < 1.29 is 37.3 Å². The zero-order chi connectivity index (χ0) is 34.9. The Morgan fingerprint density at radius 1 is 0.660 bits per heavy atom. The van der Waals surface area contributed by atoms with Crippen LogP contribution in [0.1, 0.15) is 174 Å². The predicted octanol–water partition coefficient (Wildman–Crippen LogP) is 11.1. The highest BCUT2D eigenvalue weighted by Crippen LogP contribution is 2.43. The van der Waals surface area contributed by atoms with Gasteiger partial charge in [-0.3, -0.25) is 13.8 Å². The zero-order valence-corrected chi connectivity index (χ0v) is 32.4. The van der Waals surface area contributed by atoms with Crippen LogP contribution in [-0.2, 0) is 27.9 Å². The first-order valence-corrected chi connectivity index (χ1v) is 21.0. The number of likely N-dealkylation sites (N-methyl/N-ethyl adjacent to an activating group) is 1. The highest BCUT2D eigenvalue weighted by Gasteiger charge is 2.26. The zero-order valence-electron chi connectivity index (χ0n) is 31.5. The van der Waals surface area contributed by atoms with Gasteiger partial charge in [-0.2, -0.15) is 0 Å². The molecule has 2 atom stereocenters. The number of hydrogen-bond donors (Lipinski definition) is 1. The van der Waals surface area contributed by atoms with Gasteiger partial charge in [-0.05, 0) is 25.3 Å². The summed E-state index contributed by atoms with van der Waals surface area (Å²) in [4.78, 5) is 22.7. The first-order chi connectivity index (χ1) is 22.6. The van der Waals surface area contributed by atoms with Crippen LogP contribution in [0.5, 0.6) is 0 Å². The molecule has 0 heterocycles. The van der Waals surface area contributed by atoms with Gasteiger partial charge in [0.2, 0.25) is 0 Å². The fraction of sp³-hybridized carbons (Fsp3) is 0.921. The molecule has 0 radical (unpaired) electrons. The fourth-order valence-corrected chi connectivity index (χ4v) is 6.08. The monoisotopic (exact) mass is 691 g/mol. The van der Waals surface area contributed by atoms with Gasteiger partial charge in [0.25, 0.3) is 0 Å². The molecule has 0 spiro atoms. The van der Waals surface area contributed by atoms with E-state index in [4.69, 9.17) is 18.5 Å². The van der Waals surface area contributed by atoms with Gasteiger partial charge in [0, 0.05) is 6.42 Å². The molecule has 47 heavy (non-hydrogen) atoms. The van der Waals surface area contributed by atoms with Crippen molar-refractivity contribution in [2.45, 2.75) is 180 Å². The van der Waals surface area contributed by atoms with Crippen LogP contribution in [0.4, 0.5) is 0 Å². The Hall–Kier alpha value is -0.920. The van der Waals surface area contributed by atoms with Crippen LogP contribution >= 0.6 is 7.82 Å². The van der Waals surface area contributed by atoms with E-state index in [1.165, 1.54) is 122 Å². The van der Waals surface area contributed by atoms with Crippen molar-refractivity contribution in [2.75, 3.05) is 47.5 Å². The SMILES string of the molecule is CCCCCCCCCCCCCC/C=C/OC[C@H](COP(=O)(O)OCC[N+](C)(C)C)OC(=O)CCCCCCCCCCCCC. The van der Waals surface area contributed by atoms with E-state index in [1.54, 1.807) is 6.26 Å². The summed E-state index contributed by atoms with van der Waals surface area (Å²) in [6, 6.07) is 0. The number of unbranched alkanes of at least 4 members (excludes halogenated alkanes) is 22. The standard InChI is InChI=1S/C38H76NO7P/c1-6-8-10-12-14-16-18-19-20-22-24-26-28-30-33-43-35-37(36-45-47(41,42)44-34-32-39(3,4)5)46-38(40)31-29-27-25-23-21-17-15-13-11-9-7-2/h30,33,37H,6-29,31-32,34-36H2,1-5H3/p+1/b33-30+/t37-/m1/s1. The van der Waals surface area contributed by atoms with Crippen LogP contribution in [0.25, 0.3) is 0 Å². The van der Waals surface area contributed by atoms with Crippen molar-refractivity contribution in [1.82, 2.24) is 0 Å². The van der Waals surface area contributed by atoms with E-state index in [0.29, 0.717) is 17.4 Å². The predicted molar refractivity (Wildman–Crippen MR) is 196 cm³/mol. The first-order valence-electron chi connectivity index (χ1n) is 19.5. The van der Waals surface area contributed by atoms with Crippen LogP contribution in [-0.4, -0.2) is 69.0 Å². The van der Waals surface area contributed by atoms with Crippen LogP contribution in [0, 0.1) is 0 Å². The van der Waals surface area contributed by atoms with Crippen molar-refractivity contribution in [3.05, 3.63) is 12.3 Å². The molecule has 9 heteroatoms. The molecule has 0 aromatic heterocycles. The maximum Gasteiger partial charge on any atom is 0.472 e. The van der Waals surface area contributed by atoms with Crippen molar-refractivity contribution >= 4 is 13.8 Å². The number of esters is 1. The molecule has 0 amide bonds. The van der Waals surface area contributed by atoms with Gasteiger partial charge in [0.15, 0.2) is 6.10 Å². The third-order valence-electron chi connectivity index (χ3n) is 8.42. The van der Waals surface area contributed by atoms with Crippen LogP contribution in [0.2, 0.25) is 0 Å². The Morgan fingerprint density at radius 3 is 1.57 bits per heavy atom. The number of ether oxygens (including phenoxy) is 2. The van der Waals surface area contributed by atoms with Gasteiger partial charge in [-0.25, -0.2) is 4.57 Å². The maximum absolute atomic E-state index is 12.6. The fourth-order valence-electron chi connectivity index (χ4n) is 5.34. The molecule has 0 aliphatic heterocycles. The lowest BCUT2D eigenvalue weighted by Crippen LogP contribution is -2.37. The van der Waals surface area contributed by atoms with E-state index < -0.39 is 13.9 Å². The average molecular weight is 691 g/mol. The van der Waals surface area contributed by atoms with Crippen LogP contribution in [0.15, 0.2) is 12.3 Å². The molecule has 0 aliphatic rings. The van der Waals surface area contributed by atoms with E-state index >= 15 is 0 Å². The summed E-state index contributed by atoms with van der Waals surface area (Å²) in [6.45, 7) is 4.93. The molecule has 0 rings (SSSR count). The second-order valence-electron chi connectivity index (χ2n) is 14.4. The second kappa shape index (κ2) is 32.3. The summed E-state index contributed by atoms with van der Waals surface area (Å²) in [7, 11) is 1.64. The summed E-state index contributed by atoms with van der Waals surface area (Å²) in [6.07, 6.45) is 33.3. The number of hydrogen-bond acceptors (Lipinski definition) is 6. The topological polar surface area (TPSA) is 91.3 Å². The minimum atomic E-state index is -4.27. The first kappa shape index (κ1) is 46.1. The third kappa shape index (κ3) is 36.2. The lowest BCUT2D eigenvalue weighted by molar-refractivity contribution is -0.870. The molecule has 280 valence electrons. The molecule has 0 fully saturated rings. The number of rotatable bonds is 36. The van der Waals surface area contributed by atoms with Crippen molar-refractivity contribution in [2.24, 2.45) is 0 Å². The van der Waals surface area contributed by atoms with Gasteiger partial charge in [0.1, 0.15) is 19.8 Å². The van der Waals surface area contributed by atoms with Crippen LogP contribution in [0.3, 0.4) is 0 Å². The second-order valence-corrected chi connectivity index (χ2v) is 15.8. The van der Waals surface area contributed by atoms with E-state index in [0.717, 1.165) is 32.1 Å². The number of quaternary nitrogens is 1. The largest absolute Gasteiger partial charge is 0.498 e. The number of phosphoric ester groups is 1.